The summed E-state index contributed by atoms with van der Waals surface area (Å²) in [6.45, 7) is 9.41. The van der Waals surface area contributed by atoms with Gasteiger partial charge in [0, 0.05) is 43.5 Å². The average molecular weight is 405 g/mol. The second-order valence-corrected chi connectivity index (χ2v) is 9.05. The Morgan fingerprint density at radius 2 is 1.93 bits per heavy atom. The number of piperazine rings is 1. The summed E-state index contributed by atoms with van der Waals surface area (Å²) >= 11 is 0. The molecule has 1 saturated carbocycles. The summed E-state index contributed by atoms with van der Waals surface area (Å²) in [7, 11) is 0. The van der Waals surface area contributed by atoms with Gasteiger partial charge in [-0.25, -0.2) is 4.79 Å². The van der Waals surface area contributed by atoms with Gasteiger partial charge in [0.2, 0.25) is 0 Å². The lowest BCUT2D eigenvalue weighted by Crippen LogP contribution is -2.54. The van der Waals surface area contributed by atoms with E-state index in [4.69, 9.17) is 4.74 Å². The normalized spacial score (nSPS) is 20.6. The van der Waals surface area contributed by atoms with Crippen LogP contribution in [0, 0.1) is 10.1 Å². The van der Waals surface area contributed by atoms with E-state index in [-0.39, 0.29) is 22.7 Å². The Hall–Kier alpha value is -2.51. The largest absolute Gasteiger partial charge is 0.444 e. The first-order valence-electron chi connectivity index (χ1n) is 10.4. The highest BCUT2D eigenvalue weighted by atomic mass is 16.6. The van der Waals surface area contributed by atoms with E-state index in [1.165, 1.54) is 0 Å². The van der Waals surface area contributed by atoms with Crippen molar-refractivity contribution < 1.29 is 14.5 Å². The summed E-state index contributed by atoms with van der Waals surface area (Å²) < 4.78 is 5.49. The molecule has 1 amide bonds. The second kappa shape index (κ2) is 8.47. The van der Waals surface area contributed by atoms with Crippen molar-refractivity contribution >= 4 is 23.2 Å². The highest BCUT2D eigenvalue weighted by Crippen LogP contribution is 2.34. The molecule has 1 aliphatic carbocycles. The molecule has 0 aromatic heterocycles. The molecule has 1 atom stereocenters. The average Bonchev–Trinajstić information content (AvgIpc) is 3.13. The molecule has 160 valence electrons. The Labute approximate surface area is 172 Å². The van der Waals surface area contributed by atoms with E-state index in [1.807, 2.05) is 26.8 Å². The molecule has 8 nitrogen and oxygen atoms in total. The summed E-state index contributed by atoms with van der Waals surface area (Å²) in [6, 6.07) is 5.65. The number of benzene rings is 1. The zero-order chi connectivity index (χ0) is 21.2. The highest BCUT2D eigenvalue weighted by Gasteiger charge is 2.31. The second-order valence-electron chi connectivity index (χ2n) is 9.05. The van der Waals surface area contributed by atoms with E-state index >= 15 is 0 Å². The number of amides is 1. The van der Waals surface area contributed by atoms with E-state index in [1.54, 1.807) is 17.0 Å². The number of nitrogens with one attached hydrogen (secondary N) is 1. The third-order valence-corrected chi connectivity index (χ3v) is 5.50. The molecule has 1 heterocycles. The van der Waals surface area contributed by atoms with Crippen molar-refractivity contribution in [2.45, 2.75) is 71.1 Å². The van der Waals surface area contributed by atoms with Gasteiger partial charge in [-0.1, -0.05) is 12.8 Å². The molecule has 0 radical (unpaired) electrons. The predicted octanol–water partition coefficient (Wildman–Crippen LogP) is 4.39. The number of ether oxygens (including phenoxy) is 1. The van der Waals surface area contributed by atoms with Crippen LogP contribution in [0.15, 0.2) is 18.2 Å². The van der Waals surface area contributed by atoms with Gasteiger partial charge in [0.1, 0.15) is 11.3 Å². The molecule has 1 aromatic rings. The minimum absolute atomic E-state index is 0.0806. The first-order chi connectivity index (χ1) is 13.6. The molecular formula is C21H32N4O4. The van der Waals surface area contributed by atoms with E-state index in [0.29, 0.717) is 31.4 Å². The summed E-state index contributed by atoms with van der Waals surface area (Å²) in [6.07, 6.45) is 4.12. The Morgan fingerprint density at radius 1 is 1.24 bits per heavy atom. The van der Waals surface area contributed by atoms with Gasteiger partial charge < -0.3 is 19.9 Å². The highest BCUT2D eigenvalue weighted by molar-refractivity contribution is 5.71. The topological polar surface area (TPSA) is 88.0 Å². The molecule has 8 heteroatoms. The Balaban J connectivity index is 1.73. The lowest BCUT2D eigenvalue weighted by molar-refractivity contribution is -0.384. The van der Waals surface area contributed by atoms with Crippen LogP contribution in [0.1, 0.15) is 53.4 Å². The van der Waals surface area contributed by atoms with E-state index in [2.05, 4.69) is 17.1 Å². The molecule has 0 spiro atoms. The number of carbonyl (C=O) groups is 1. The lowest BCUT2D eigenvalue weighted by atomic mass is 10.1. The number of hydrogen-bond acceptors (Lipinski definition) is 6. The van der Waals surface area contributed by atoms with Gasteiger partial charge in [-0.05, 0) is 52.7 Å². The summed E-state index contributed by atoms with van der Waals surface area (Å²) in [5.41, 5.74) is 1.12. The minimum Gasteiger partial charge on any atom is -0.444 e. The zero-order valence-corrected chi connectivity index (χ0v) is 17.8. The molecular weight excluding hydrogens is 372 g/mol. The first-order valence-corrected chi connectivity index (χ1v) is 10.4. The maximum atomic E-state index is 12.4. The molecule has 0 bridgehead atoms. The number of hydrogen-bond donors (Lipinski definition) is 1. The monoisotopic (exact) mass is 404 g/mol. The van der Waals surface area contributed by atoms with Crippen LogP contribution < -0.4 is 10.2 Å². The molecule has 1 N–H and O–H groups in total. The molecule has 2 fully saturated rings. The quantitative estimate of drug-likeness (QED) is 0.591. The first kappa shape index (κ1) is 21.2. The van der Waals surface area contributed by atoms with Crippen LogP contribution in [0.2, 0.25) is 0 Å². The predicted molar refractivity (Wildman–Crippen MR) is 114 cm³/mol. The van der Waals surface area contributed by atoms with Crippen molar-refractivity contribution in [1.82, 2.24) is 4.90 Å². The van der Waals surface area contributed by atoms with Gasteiger partial charge in [0.05, 0.1) is 4.92 Å². The standard InChI is InChI=1S/C21H32N4O4/c1-15-14-23(20(26)29-21(2,3)4)11-12-24(15)17-9-10-19(25(27)28)18(13-17)22-16-7-5-6-8-16/h9-10,13,15-16,22H,5-8,11-12,14H2,1-4H3. The van der Waals surface area contributed by atoms with Gasteiger partial charge in [-0.15, -0.1) is 0 Å². The number of nitrogens with zero attached hydrogens (tertiary/aromatic N) is 3. The van der Waals surface area contributed by atoms with Crippen LogP contribution in [0.4, 0.5) is 21.9 Å². The van der Waals surface area contributed by atoms with Crippen molar-refractivity contribution in [3.8, 4) is 0 Å². The van der Waals surface area contributed by atoms with Crippen molar-refractivity contribution in [2.24, 2.45) is 0 Å². The van der Waals surface area contributed by atoms with Crippen molar-refractivity contribution in [3.63, 3.8) is 0 Å². The lowest BCUT2D eigenvalue weighted by Gasteiger charge is -2.41. The van der Waals surface area contributed by atoms with Crippen molar-refractivity contribution in [1.29, 1.82) is 0 Å². The van der Waals surface area contributed by atoms with Crippen LogP contribution in [-0.2, 0) is 4.74 Å². The zero-order valence-electron chi connectivity index (χ0n) is 17.8. The SMILES string of the molecule is CC1CN(C(=O)OC(C)(C)C)CCN1c1ccc([N+](=O)[O-])c(NC2CCCC2)c1. The van der Waals surface area contributed by atoms with Gasteiger partial charge in [-0.3, -0.25) is 10.1 Å². The van der Waals surface area contributed by atoms with Crippen LogP contribution in [0.25, 0.3) is 0 Å². The third kappa shape index (κ3) is 5.31. The molecule has 29 heavy (non-hydrogen) atoms. The van der Waals surface area contributed by atoms with Gasteiger partial charge in [-0.2, -0.15) is 0 Å². The van der Waals surface area contributed by atoms with Crippen LogP contribution >= 0.6 is 0 Å². The Kier molecular flexibility index (Phi) is 6.19. The molecule has 1 aliphatic heterocycles. The minimum atomic E-state index is -0.517. The fourth-order valence-corrected chi connectivity index (χ4v) is 4.10. The number of nitro groups is 1. The van der Waals surface area contributed by atoms with E-state index < -0.39 is 5.60 Å². The summed E-state index contributed by atoms with van der Waals surface area (Å²) in [5, 5.41) is 14.9. The van der Waals surface area contributed by atoms with Crippen LogP contribution in [0.5, 0.6) is 0 Å². The molecule has 1 unspecified atom stereocenters. The van der Waals surface area contributed by atoms with Gasteiger partial charge >= 0.3 is 6.09 Å². The Bertz CT molecular complexity index is 756. The number of nitro benzene ring substituents is 1. The van der Waals surface area contributed by atoms with Crippen molar-refractivity contribution in [2.75, 3.05) is 29.9 Å². The maximum absolute atomic E-state index is 12.4. The van der Waals surface area contributed by atoms with Crippen LogP contribution in [-0.4, -0.2) is 53.2 Å². The fourth-order valence-electron chi connectivity index (χ4n) is 4.10. The molecule has 2 aliphatic rings. The third-order valence-electron chi connectivity index (χ3n) is 5.50. The summed E-state index contributed by atoms with van der Waals surface area (Å²) in [4.78, 5) is 27.4. The van der Waals surface area contributed by atoms with Gasteiger partial charge in [0.15, 0.2) is 0 Å². The van der Waals surface area contributed by atoms with Gasteiger partial charge in [0.25, 0.3) is 5.69 Å². The van der Waals surface area contributed by atoms with Crippen molar-refractivity contribution in [3.05, 3.63) is 28.3 Å². The molecule has 1 aromatic carbocycles. The number of rotatable bonds is 4. The van der Waals surface area contributed by atoms with Crippen LogP contribution in [0.3, 0.4) is 0 Å². The van der Waals surface area contributed by atoms with E-state index in [0.717, 1.165) is 31.4 Å². The fraction of sp³-hybridized carbons (Fsp3) is 0.667. The number of carbonyl (C=O) groups excluding carboxylic acids is 1. The summed E-state index contributed by atoms with van der Waals surface area (Å²) in [5.74, 6) is 0. The molecule has 3 rings (SSSR count). The smallest absolute Gasteiger partial charge is 0.410 e. The maximum Gasteiger partial charge on any atom is 0.410 e. The molecule has 1 saturated heterocycles. The number of anilines is 2. The van der Waals surface area contributed by atoms with E-state index in [9.17, 15) is 14.9 Å². The Morgan fingerprint density at radius 3 is 2.52 bits per heavy atom.